The monoisotopic (exact) mass is 378 g/mol. The number of halogens is 1. The molecule has 0 aliphatic heterocycles. The lowest BCUT2D eigenvalue weighted by Gasteiger charge is -2.06. The number of aromatic nitrogens is 3. The standard InChI is InChI=1S/C21H19FN4O2/c1-2-26-10-9-23-19(26)13-24-21(27)15-7-8-17-18(11-15)28-20(25-17)12-14-5-3-4-6-16(14)22/h3-11H,2,12-13H2,1H3,(H,24,27). The maximum atomic E-state index is 13.8. The van der Waals surface area contributed by atoms with Gasteiger partial charge in [-0.05, 0) is 36.8 Å². The van der Waals surface area contributed by atoms with Crippen LogP contribution in [0.3, 0.4) is 0 Å². The number of aryl methyl sites for hydroxylation is 1. The van der Waals surface area contributed by atoms with Gasteiger partial charge in [0, 0.05) is 24.5 Å². The molecule has 142 valence electrons. The van der Waals surface area contributed by atoms with Crippen molar-refractivity contribution in [3.05, 3.63) is 83.5 Å². The first-order valence-corrected chi connectivity index (χ1v) is 9.05. The van der Waals surface area contributed by atoms with Gasteiger partial charge in [0.1, 0.15) is 17.2 Å². The van der Waals surface area contributed by atoms with E-state index in [0.29, 0.717) is 34.7 Å². The lowest BCUT2D eigenvalue weighted by Crippen LogP contribution is -2.24. The molecule has 0 saturated heterocycles. The van der Waals surface area contributed by atoms with Crippen molar-refractivity contribution < 1.29 is 13.6 Å². The summed E-state index contributed by atoms with van der Waals surface area (Å²) in [6.45, 7) is 3.15. The summed E-state index contributed by atoms with van der Waals surface area (Å²) >= 11 is 0. The molecule has 7 heteroatoms. The predicted molar refractivity (Wildman–Crippen MR) is 102 cm³/mol. The van der Waals surface area contributed by atoms with E-state index in [1.54, 1.807) is 42.6 Å². The first-order chi connectivity index (χ1) is 13.6. The Labute approximate surface area is 161 Å². The minimum Gasteiger partial charge on any atom is -0.440 e. The van der Waals surface area contributed by atoms with Gasteiger partial charge in [0.05, 0.1) is 13.0 Å². The van der Waals surface area contributed by atoms with Crippen LogP contribution in [0, 0.1) is 5.82 Å². The van der Waals surface area contributed by atoms with Gasteiger partial charge in [-0.15, -0.1) is 0 Å². The van der Waals surface area contributed by atoms with Crippen LogP contribution < -0.4 is 5.32 Å². The normalized spacial score (nSPS) is 11.1. The molecule has 0 fully saturated rings. The second-order valence-electron chi connectivity index (χ2n) is 6.37. The van der Waals surface area contributed by atoms with Gasteiger partial charge in [-0.2, -0.15) is 0 Å². The number of benzene rings is 2. The van der Waals surface area contributed by atoms with Crippen molar-refractivity contribution in [2.75, 3.05) is 0 Å². The summed E-state index contributed by atoms with van der Waals surface area (Å²) in [4.78, 5) is 21.1. The zero-order valence-corrected chi connectivity index (χ0v) is 15.4. The zero-order chi connectivity index (χ0) is 19.5. The Kier molecular flexibility index (Phi) is 4.89. The summed E-state index contributed by atoms with van der Waals surface area (Å²) in [6.07, 6.45) is 3.84. The molecule has 2 aromatic heterocycles. The number of hydrogen-bond acceptors (Lipinski definition) is 4. The minimum absolute atomic E-state index is 0.223. The number of rotatable bonds is 6. The Morgan fingerprint density at radius 3 is 2.93 bits per heavy atom. The number of carbonyl (C=O) groups excluding carboxylic acids is 1. The molecule has 0 spiro atoms. The van der Waals surface area contributed by atoms with Crippen molar-refractivity contribution in [1.29, 1.82) is 0 Å². The molecular weight excluding hydrogens is 359 g/mol. The van der Waals surface area contributed by atoms with Crippen LogP contribution in [-0.4, -0.2) is 20.4 Å². The minimum atomic E-state index is -0.296. The van der Waals surface area contributed by atoms with Crippen LogP contribution in [0.2, 0.25) is 0 Å². The largest absolute Gasteiger partial charge is 0.440 e. The highest BCUT2D eigenvalue weighted by atomic mass is 19.1. The Balaban J connectivity index is 1.49. The van der Waals surface area contributed by atoms with Gasteiger partial charge in [-0.25, -0.2) is 14.4 Å². The van der Waals surface area contributed by atoms with E-state index in [0.717, 1.165) is 12.4 Å². The molecule has 0 bridgehead atoms. The Morgan fingerprint density at radius 2 is 2.11 bits per heavy atom. The number of carbonyl (C=O) groups is 1. The Bertz CT molecular complexity index is 1130. The molecule has 0 radical (unpaired) electrons. The third-order valence-electron chi connectivity index (χ3n) is 4.54. The van der Waals surface area contributed by atoms with E-state index in [1.807, 2.05) is 17.7 Å². The molecule has 2 heterocycles. The zero-order valence-electron chi connectivity index (χ0n) is 15.4. The number of hydrogen-bond donors (Lipinski definition) is 1. The molecule has 1 N–H and O–H groups in total. The van der Waals surface area contributed by atoms with Crippen molar-refractivity contribution in [3.63, 3.8) is 0 Å². The van der Waals surface area contributed by atoms with E-state index in [-0.39, 0.29) is 18.1 Å². The third kappa shape index (κ3) is 3.64. The van der Waals surface area contributed by atoms with Crippen LogP contribution in [0.4, 0.5) is 4.39 Å². The molecule has 28 heavy (non-hydrogen) atoms. The third-order valence-corrected chi connectivity index (χ3v) is 4.54. The molecule has 2 aromatic carbocycles. The van der Waals surface area contributed by atoms with Crippen molar-refractivity contribution in [2.24, 2.45) is 0 Å². The van der Waals surface area contributed by atoms with Crippen molar-refractivity contribution in [1.82, 2.24) is 19.9 Å². The summed E-state index contributed by atoms with van der Waals surface area (Å²) in [5, 5.41) is 2.86. The van der Waals surface area contributed by atoms with Crippen LogP contribution in [0.25, 0.3) is 11.1 Å². The highest BCUT2D eigenvalue weighted by Crippen LogP contribution is 2.20. The Hall–Kier alpha value is -3.48. The number of amides is 1. The molecule has 6 nitrogen and oxygen atoms in total. The molecule has 0 aliphatic carbocycles. The van der Waals surface area contributed by atoms with Gasteiger partial charge in [-0.1, -0.05) is 18.2 Å². The molecule has 4 rings (SSSR count). The highest BCUT2D eigenvalue weighted by molar-refractivity contribution is 5.96. The molecular formula is C21H19FN4O2. The fraction of sp³-hybridized carbons (Fsp3) is 0.190. The summed E-state index contributed by atoms with van der Waals surface area (Å²) in [6, 6.07) is 11.6. The average molecular weight is 378 g/mol. The van der Waals surface area contributed by atoms with Crippen LogP contribution in [0.5, 0.6) is 0 Å². The van der Waals surface area contributed by atoms with Crippen LogP contribution in [0.15, 0.2) is 59.3 Å². The number of nitrogens with zero attached hydrogens (tertiary/aromatic N) is 3. The first-order valence-electron chi connectivity index (χ1n) is 9.05. The highest BCUT2D eigenvalue weighted by Gasteiger charge is 2.13. The second-order valence-corrected chi connectivity index (χ2v) is 6.37. The van der Waals surface area contributed by atoms with Crippen LogP contribution in [0.1, 0.15) is 34.6 Å². The van der Waals surface area contributed by atoms with Gasteiger partial charge in [0.15, 0.2) is 11.5 Å². The number of oxazole rings is 1. The summed E-state index contributed by atoms with van der Waals surface area (Å²) in [5.74, 6) is 0.682. The van der Waals surface area contributed by atoms with Gasteiger partial charge in [-0.3, -0.25) is 4.79 Å². The summed E-state index contributed by atoms with van der Waals surface area (Å²) < 4.78 is 21.5. The summed E-state index contributed by atoms with van der Waals surface area (Å²) in [7, 11) is 0. The fourth-order valence-corrected chi connectivity index (χ4v) is 3.05. The van der Waals surface area contributed by atoms with Crippen molar-refractivity contribution in [2.45, 2.75) is 26.4 Å². The second kappa shape index (κ2) is 7.64. The topological polar surface area (TPSA) is 73.0 Å². The first kappa shape index (κ1) is 17.9. The number of fused-ring (bicyclic) bond motifs is 1. The van der Waals surface area contributed by atoms with Crippen molar-refractivity contribution >= 4 is 17.0 Å². The van der Waals surface area contributed by atoms with E-state index in [1.165, 1.54) is 6.07 Å². The van der Waals surface area contributed by atoms with E-state index >= 15 is 0 Å². The summed E-state index contributed by atoms with van der Waals surface area (Å²) in [5.41, 5.74) is 2.10. The maximum absolute atomic E-state index is 13.8. The van der Waals surface area contributed by atoms with E-state index in [4.69, 9.17) is 4.42 Å². The molecule has 0 unspecified atom stereocenters. The van der Waals surface area contributed by atoms with E-state index < -0.39 is 0 Å². The number of imidazole rings is 1. The van der Waals surface area contributed by atoms with Crippen LogP contribution >= 0.6 is 0 Å². The molecule has 0 aliphatic rings. The Morgan fingerprint density at radius 1 is 1.25 bits per heavy atom. The molecule has 4 aromatic rings. The molecule has 0 atom stereocenters. The van der Waals surface area contributed by atoms with Gasteiger partial charge < -0.3 is 14.3 Å². The van der Waals surface area contributed by atoms with Crippen LogP contribution in [-0.2, 0) is 19.5 Å². The van der Waals surface area contributed by atoms with Gasteiger partial charge in [0.2, 0.25) is 0 Å². The average Bonchev–Trinajstić information content (AvgIpc) is 3.33. The lowest BCUT2D eigenvalue weighted by molar-refractivity contribution is 0.0949. The SMILES string of the molecule is CCn1ccnc1CNC(=O)c1ccc2nc(Cc3ccccc3F)oc2c1. The fourth-order valence-electron chi connectivity index (χ4n) is 3.05. The number of nitrogens with one attached hydrogen (secondary N) is 1. The van der Waals surface area contributed by atoms with Gasteiger partial charge >= 0.3 is 0 Å². The molecule has 1 amide bonds. The predicted octanol–water partition coefficient (Wildman–Crippen LogP) is 3.70. The van der Waals surface area contributed by atoms with Gasteiger partial charge in [0.25, 0.3) is 5.91 Å². The quantitative estimate of drug-likeness (QED) is 0.555. The van der Waals surface area contributed by atoms with Crippen molar-refractivity contribution in [3.8, 4) is 0 Å². The smallest absolute Gasteiger partial charge is 0.251 e. The van der Waals surface area contributed by atoms with E-state index in [9.17, 15) is 9.18 Å². The lowest BCUT2D eigenvalue weighted by atomic mass is 10.1. The van der Waals surface area contributed by atoms with E-state index in [2.05, 4.69) is 15.3 Å². The maximum Gasteiger partial charge on any atom is 0.251 e. The molecule has 0 saturated carbocycles.